The van der Waals surface area contributed by atoms with Gasteiger partial charge in [0.2, 0.25) is 17.0 Å². The normalized spacial score (nSPS) is 14.1. The largest absolute Gasteiger partial charge is 0.335 e. The number of tetrazole rings is 1. The zero-order valence-corrected chi connectivity index (χ0v) is 19.0. The highest BCUT2D eigenvalue weighted by Gasteiger charge is 2.34. The zero-order chi connectivity index (χ0) is 22.5. The molecule has 2 amide bonds. The van der Waals surface area contributed by atoms with Gasteiger partial charge in [-0.05, 0) is 59.9 Å². The van der Waals surface area contributed by atoms with Crippen molar-refractivity contribution in [1.29, 1.82) is 0 Å². The van der Waals surface area contributed by atoms with Crippen molar-refractivity contribution in [3.8, 4) is 5.69 Å². The quantitative estimate of drug-likeness (QED) is 0.501. The molecule has 1 aliphatic carbocycles. The summed E-state index contributed by atoms with van der Waals surface area (Å²) < 4.78 is 1.58. The monoisotopic (exact) mass is 450 g/mol. The van der Waals surface area contributed by atoms with Gasteiger partial charge in [0.25, 0.3) is 0 Å². The Morgan fingerprint density at radius 3 is 2.69 bits per heavy atom. The second-order valence-electron chi connectivity index (χ2n) is 7.98. The highest BCUT2D eigenvalue weighted by Crippen LogP contribution is 2.36. The third-order valence-corrected chi connectivity index (χ3v) is 6.39. The number of carbonyl (C=O) groups is 2. The van der Waals surface area contributed by atoms with Crippen LogP contribution < -0.4 is 5.32 Å². The number of amides is 2. The van der Waals surface area contributed by atoms with Crippen molar-refractivity contribution in [3.05, 3.63) is 60.2 Å². The molecule has 0 radical (unpaired) electrons. The van der Waals surface area contributed by atoms with E-state index in [1.165, 1.54) is 31.5 Å². The first-order chi connectivity index (χ1) is 15.5. The number of benzene rings is 2. The minimum absolute atomic E-state index is 0.0693. The lowest BCUT2D eigenvalue weighted by atomic mass is 10.1. The van der Waals surface area contributed by atoms with Crippen LogP contribution in [0.1, 0.15) is 32.3 Å². The lowest BCUT2D eigenvalue weighted by Gasteiger charge is -2.29. The van der Waals surface area contributed by atoms with Crippen LogP contribution in [0, 0.1) is 5.92 Å². The zero-order valence-electron chi connectivity index (χ0n) is 18.1. The summed E-state index contributed by atoms with van der Waals surface area (Å²) in [6, 6.07) is 17.5. The molecule has 1 heterocycles. The van der Waals surface area contributed by atoms with Gasteiger partial charge in [0.1, 0.15) is 0 Å². The highest BCUT2D eigenvalue weighted by molar-refractivity contribution is 7.99. The van der Waals surface area contributed by atoms with Crippen molar-refractivity contribution in [3.63, 3.8) is 0 Å². The number of aromatic nitrogens is 4. The Morgan fingerprint density at radius 1 is 1.19 bits per heavy atom. The molecule has 0 bridgehead atoms. The topological polar surface area (TPSA) is 93.0 Å². The average molecular weight is 451 g/mol. The Hall–Kier alpha value is -3.20. The van der Waals surface area contributed by atoms with Gasteiger partial charge < -0.3 is 10.2 Å². The summed E-state index contributed by atoms with van der Waals surface area (Å²) in [6.45, 7) is 4.20. The van der Waals surface area contributed by atoms with Crippen molar-refractivity contribution in [2.75, 3.05) is 11.1 Å². The second kappa shape index (κ2) is 9.95. The summed E-state index contributed by atoms with van der Waals surface area (Å²) in [5.41, 5.74) is 2.49. The highest BCUT2D eigenvalue weighted by atomic mass is 32.2. The van der Waals surface area contributed by atoms with Crippen LogP contribution >= 0.6 is 11.8 Å². The number of hydrogen-bond acceptors (Lipinski definition) is 6. The Morgan fingerprint density at radius 2 is 1.97 bits per heavy atom. The molecule has 1 aromatic heterocycles. The smallest absolute Gasteiger partial charge is 0.233 e. The fourth-order valence-electron chi connectivity index (χ4n) is 3.63. The maximum absolute atomic E-state index is 13.2. The van der Waals surface area contributed by atoms with Crippen molar-refractivity contribution >= 4 is 29.3 Å². The van der Waals surface area contributed by atoms with Gasteiger partial charge in [0, 0.05) is 25.2 Å². The van der Waals surface area contributed by atoms with E-state index in [9.17, 15) is 9.59 Å². The molecule has 4 rings (SSSR count). The summed E-state index contributed by atoms with van der Waals surface area (Å²) in [7, 11) is 0. The van der Waals surface area contributed by atoms with Crippen molar-refractivity contribution in [2.45, 2.75) is 44.4 Å². The second-order valence-corrected chi connectivity index (χ2v) is 8.92. The molecule has 166 valence electrons. The predicted molar refractivity (Wildman–Crippen MR) is 123 cm³/mol. The molecule has 9 heteroatoms. The molecule has 0 aliphatic heterocycles. The van der Waals surface area contributed by atoms with Gasteiger partial charge in [-0.2, -0.15) is 4.68 Å². The van der Waals surface area contributed by atoms with Gasteiger partial charge in [-0.25, -0.2) is 0 Å². The van der Waals surface area contributed by atoms with Gasteiger partial charge >= 0.3 is 0 Å². The number of nitrogens with one attached hydrogen (secondary N) is 1. The van der Waals surface area contributed by atoms with E-state index in [0.717, 1.165) is 5.56 Å². The van der Waals surface area contributed by atoms with E-state index in [4.69, 9.17) is 0 Å². The van der Waals surface area contributed by atoms with Crippen LogP contribution in [0.25, 0.3) is 5.69 Å². The summed E-state index contributed by atoms with van der Waals surface area (Å²) >= 11 is 1.31. The first-order valence-electron chi connectivity index (χ1n) is 10.6. The molecule has 3 aromatic rings. The third kappa shape index (κ3) is 5.53. The minimum Gasteiger partial charge on any atom is -0.335 e. The number of hydrogen-bond donors (Lipinski definition) is 1. The maximum Gasteiger partial charge on any atom is 0.233 e. The molecule has 1 aliphatic rings. The Bertz CT molecular complexity index is 1080. The number of rotatable bonds is 9. The fraction of sp³-hybridized carbons (Fsp3) is 0.348. The van der Waals surface area contributed by atoms with Crippen LogP contribution in [0.15, 0.2) is 59.8 Å². The van der Waals surface area contributed by atoms with Crippen LogP contribution in [0.3, 0.4) is 0 Å². The van der Waals surface area contributed by atoms with Crippen LogP contribution in [0.5, 0.6) is 0 Å². The van der Waals surface area contributed by atoms with Crippen molar-refractivity contribution in [1.82, 2.24) is 25.1 Å². The summed E-state index contributed by atoms with van der Waals surface area (Å²) in [5.74, 6) is 0.743. The number of thioether (sulfide) groups is 1. The first-order valence-corrected chi connectivity index (χ1v) is 11.6. The predicted octanol–water partition coefficient (Wildman–Crippen LogP) is 3.54. The molecule has 8 nitrogen and oxygen atoms in total. The number of carbonyl (C=O) groups excluding carboxylic acids is 2. The molecule has 32 heavy (non-hydrogen) atoms. The van der Waals surface area contributed by atoms with Crippen LogP contribution in [-0.4, -0.2) is 48.7 Å². The van der Waals surface area contributed by atoms with E-state index >= 15 is 0 Å². The Labute approximate surface area is 191 Å². The van der Waals surface area contributed by atoms with Gasteiger partial charge in [0.05, 0.1) is 11.4 Å². The number of nitrogens with zero attached hydrogens (tertiary/aromatic N) is 5. The van der Waals surface area contributed by atoms with Gasteiger partial charge in [-0.15, -0.1) is 5.10 Å². The lowest BCUT2D eigenvalue weighted by molar-refractivity contribution is -0.131. The van der Waals surface area contributed by atoms with E-state index < -0.39 is 0 Å². The molecule has 1 N–H and O–H groups in total. The third-order valence-electron chi connectivity index (χ3n) is 5.49. The first kappa shape index (κ1) is 22.0. The summed E-state index contributed by atoms with van der Waals surface area (Å²) in [4.78, 5) is 26.6. The standard InChI is InChI=1S/C23H26N6O2S/c1-16(19-11-12-19)28(14-18-7-4-3-5-8-18)22(31)15-32-23-25-26-27-29(23)21-10-6-9-20(13-21)24-17(2)30/h3-10,13,16,19H,11-12,14-15H2,1-2H3,(H,24,30). The Balaban J connectivity index is 1.46. The molecular formula is C23H26N6O2S. The van der Waals surface area contributed by atoms with Gasteiger partial charge in [-0.1, -0.05) is 48.2 Å². The molecule has 1 saturated carbocycles. The SMILES string of the molecule is CC(=O)Nc1cccc(-n2nnnc2SCC(=O)N(Cc2ccccc2)C(C)C2CC2)c1. The molecular weight excluding hydrogens is 424 g/mol. The Kier molecular flexibility index (Phi) is 6.84. The molecule has 0 spiro atoms. The van der Waals surface area contributed by atoms with Crippen LogP contribution in [0.4, 0.5) is 5.69 Å². The molecule has 1 unspecified atom stereocenters. The van der Waals surface area contributed by atoms with Gasteiger partial charge in [-0.3, -0.25) is 9.59 Å². The molecule has 2 aromatic carbocycles. The fourth-order valence-corrected chi connectivity index (χ4v) is 4.41. The maximum atomic E-state index is 13.2. The van der Waals surface area contributed by atoms with Crippen molar-refractivity contribution in [2.24, 2.45) is 5.92 Å². The van der Waals surface area contributed by atoms with E-state index in [1.807, 2.05) is 35.2 Å². The van der Waals surface area contributed by atoms with Crippen molar-refractivity contribution < 1.29 is 9.59 Å². The van der Waals surface area contributed by atoms with E-state index in [1.54, 1.807) is 16.8 Å². The average Bonchev–Trinajstić information content (AvgIpc) is 3.53. The van der Waals surface area contributed by atoms with E-state index in [0.29, 0.717) is 29.0 Å². The molecule has 0 saturated heterocycles. The van der Waals surface area contributed by atoms with E-state index in [-0.39, 0.29) is 23.6 Å². The van der Waals surface area contributed by atoms with E-state index in [2.05, 4.69) is 39.9 Å². The van der Waals surface area contributed by atoms with Gasteiger partial charge in [0.15, 0.2) is 0 Å². The molecule has 1 atom stereocenters. The lowest BCUT2D eigenvalue weighted by Crippen LogP contribution is -2.40. The summed E-state index contributed by atoms with van der Waals surface area (Å²) in [6.07, 6.45) is 2.35. The van der Waals surface area contributed by atoms with Crippen LogP contribution in [0.2, 0.25) is 0 Å². The minimum atomic E-state index is -0.151. The molecule has 1 fully saturated rings. The summed E-state index contributed by atoms with van der Waals surface area (Å²) in [5, 5.41) is 15.2. The van der Waals surface area contributed by atoms with Crippen LogP contribution in [-0.2, 0) is 16.1 Å². The number of anilines is 1.